The van der Waals surface area contributed by atoms with Crippen LogP contribution in [0.1, 0.15) is 54.2 Å². The Kier molecular flexibility index (Phi) is 8.20. The first-order chi connectivity index (χ1) is 17.6. The minimum absolute atomic E-state index is 0.0153. The van der Waals surface area contributed by atoms with Gasteiger partial charge in [0.1, 0.15) is 0 Å². The highest BCUT2D eigenvalue weighted by Crippen LogP contribution is 2.36. The maximum atomic E-state index is 12.4. The summed E-state index contributed by atoms with van der Waals surface area (Å²) >= 11 is 12.6. The molecule has 8 heteroatoms. The number of hydrogen-bond donors (Lipinski definition) is 2. The van der Waals surface area contributed by atoms with Gasteiger partial charge in [-0.2, -0.15) is 5.10 Å². The Morgan fingerprint density at radius 3 is 2.38 bits per heavy atom. The van der Waals surface area contributed by atoms with Crippen molar-refractivity contribution < 1.29 is 14.7 Å². The van der Waals surface area contributed by atoms with Crippen LogP contribution in [-0.2, 0) is 4.79 Å². The third kappa shape index (κ3) is 6.14. The van der Waals surface area contributed by atoms with Crippen molar-refractivity contribution in [1.82, 2.24) is 15.1 Å². The highest BCUT2D eigenvalue weighted by Gasteiger charge is 2.20. The monoisotopic (exact) mass is 537 g/mol. The average Bonchev–Trinajstić information content (AvgIpc) is 3.28. The van der Waals surface area contributed by atoms with Gasteiger partial charge in [-0.15, -0.1) is 0 Å². The maximum Gasteiger partial charge on any atom is 0.305 e. The minimum Gasteiger partial charge on any atom is -0.481 e. The number of aliphatic carboxylic acids is 1. The van der Waals surface area contributed by atoms with Crippen LogP contribution in [0.15, 0.2) is 60.8 Å². The molecule has 2 N–H and O–H groups in total. The second-order valence-corrected chi connectivity index (χ2v) is 10.4. The number of nitrogens with zero attached hydrogens (tertiary/aromatic N) is 2. The number of halogens is 2. The molecule has 6 nitrogen and oxygen atoms in total. The van der Waals surface area contributed by atoms with Gasteiger partial charge in [0, 0.05) is 39.3 Å². The van der Waals surface area contributed by atoms with Crippen molar-refractivity contribution in [2.45, 2.75) is 39.7 Å². The molecule has 3 aromatic carbocycles. The molecule has 0 spiro atoms. The molecular formula is C29H29Cl2N3O3. The van der Waals surface area contributed by atoms with Gasteiger partial charge in [-0.05, 0) is 66.3 Å². The van der Waals surface area contributed by atoms with Crippen molar-refractivity contribution in [2.24, 2.45) is 5.92 Å². The van der Waals surface area contributed by atoms with Crippen LogP contribution < -0.4 is 5.32 Å². The molecular weight excluding hydrogens is 509 g/mol. The van der Waals surface area contributed by atoms with Crippen LogP contribution in [0.25, 0.3) is 22.0 Å². The normalized spacial score (nSPS) is 12.2. The topological polar surface area (TPSA) is 84.2 Å². The predicted molar refractivity (Wildman–Crippen MR) is 149 cm³/mol. The van der Waals surface area contributed by atoms with Crippen molar-refractivity contribution in [3.05, 3.63) is 87.5 Å². The van der Waals surface area contributed by atoms with Crippen LogP contribution >= 0.6 is 23.2 Å². The number of benzene rings is 3. The van der Waals surface area contributed by atoms with Gasteiger partial charge < -0.3 is 10.4 Å². The molecule has 4 rings (SSSR count). The molecule has 0 radical (unpaired) electrons. The van der Waals surface area contributed by atoms with Gasteiger partial charge in [0.15, 0.2) is 0 Å². The number of carboxylic acids is 1. The molecule has 0 aliphatic heterocycles. The number of carbonyl (C=O) groups is 2. The minimum atomic E-state index is -0.947. The first kappa shape index (κ1) is 26.7. The van der Waals surface area contributed by atoms with Crippen molar-refractivity contribution in [1.29, 1.82) is 0 Å². The second kappa shape index (κ2) is 11.4. The first-order valence-corrected chi connectivity index (χ1v) is 12.9. The van der Waals surface area contributed by atoms with E-state index in [0.29, 0.717) is 21.5 Å². The largest absolute Gasteiger partial charge is 0.481 e. The fraction of sp³-hybridized carbons (Fsp3) is 0.276. The zero-order chi connectivity index (χ0) is 26.7. The van der Waals surface area contributed by atoms with E-state index in [-0.39, 0.29) is 24.9 Å². The molecule has 1 aromatic heterocycles. The van der Waals surface area contributed by atoms with Crippen LogP contribution in [0, 0.1) is 12.8 Å². The lowest BCUT2D eigenvalue weighted by atomic mass is 9.96. The number of fused-ring (bicyclic) bond motifs is 1. The van der Waals surface area contributed by atoms with E-state index in [1.54, 1.807) is 18.2 Å². The van der Waals surface area contributed by atoms with Gasteiger partial charge in [0.05, 0.1) is 18.0 Å². The lowest BCUT2D eigenvalue weighted by molar-refractivity contribution is -0.136. The van der Waals surface area contributed by atoms with Gasteiger partial charge in [-0.1, -0.05) is 61.3 Å². The number of aryl methyl sites for hydroxylation is 1. The Morgan fingerprint density at radius 1 is 1.03 bits per heavy atom. The molecule has 0 bridgehead atoms. The van der Waals surface area contributed by atoms with Crippen molar-refractivity contribution >= 4 is 46.0 Å². The summed E-state index contributed by atoms with van der Waals surface area (Å²) in [5, 5.41) is 18.6. The van der Waals surface area contributed by atoms with Crippen LogP contribution in [0.4, 0.5) is 0 Å². The SMILES string of the molecule is Cc1c(-c2ccc(Cl)cc2Cl)ccc2nn(C(CC(C)C)c3ccc(C(=O)NCCC(=O)O)cc3)cc12. The van der Waals surface area contributed by atoms with Gasteiger partial charge in [0.25, 0.3) is 5.91 Å². The summed E-state index contributed by atoms with van der Waals surface area (Å²) in [5.74, 6) is -0.819. The summed E-state index contributed by atoms with van der Waals surface area (Å²) in [5.41, 5.74) is 5.48. The number of amides is 1. The quantitative estimate of drug-likeness (QED) is 0.237. The van der Waals surface area contributed by atoms with Crippen molar-refractivity contribution in [2.75, 3.05) is 6.54 Å². The molecule has 1 atom stereocenters. The molecule has 0 aliphatic carbocycles. The number of rotatable bonds is 9. The number of aromatic nitrogens is 2. The van der Waals surface area contributed by atoms with Crippen molar-refractivity contribution in [3.63, 3.8) is 0 Å². The summed E-state index contributed by atoms with van der Waals surface area (Å²) in [6.07, 6.45) is 2.84. The van der Waals surface area contributed by atoms with Crippen LogP contribution in [0.5, 0.6) is 0 Å². The van der Waals surface area contributed by atoms with Gasteiger partial charge in [-0.3, -0.25) is 14.3 Å². The summed E-state index contributed by atoms with van der Waals surface area (Å²) in [6, 6.07) is 17.0. The molecule has 4 aromatic rings. The predicted octanol–water partition coefficient (Wildman–Crippen LogP) is 7.16. The van der Waals surface area contributed by atoms with Gasteiger partial charge in [0.2, 0.25) is 0 Å². The van der Waals surface area contributed by atoms with E-state index in [1.807, 2.05) is 41.1 Å². The first-order valence-electron chi connectivity index (χ1n) is 12.2. The smallest absolute Gasteiger partial charge is 0.305 e. The Balaban J connectivity index is 1.65. The summed E-state index contributed by atoms with van der Waals surface area (Å²) in [6.45, 7) is 6.51. The molecule has 0 aliphatic rings. The number of carbonyl (C=O) groups excluding carboxylic acids is 1. The van der Waals surface area contributed by atoms with Crippen LogP contribution in [0.3, 0.4) is 0 Å². The third-order valence-corrected chi connectivity index (χ3v) is 6.94. The Hall–Kier alpha value is -3.35. The lowest BCUT2D eigenvalue weighted by Gasteiger charge is -2.20. The molecule has 1 heterocycles. The second-order valence-electron chi connectivity index (χ2n) is 9.57. The summed E-state index contributed by atoms with van der Waals surface area (Å²) in [7, 11) is 0. The highest BCUT2D eigenvalue weighted by molar-refractivity contribution is 6.36. The van der Waals surface area contributed by atoms with E-state index in [4.69, 9.17) is 33.4 Å². The fourth-order valence-electron chi connectivity index (χ4n) is 4.49. The Labute approximate surface area is 226 Å². The highest BCUT2D eigenvalue weighted by atomic mass is 35.5. The molecule has 1 unspecified atom stereocenters. The molecule has 37 heavy (non-hydrogen) atoms. The summed E-state index contributed by atoms with van der Waals surface area (Å²) < 4.78 is 2.01. The molecule has 0 fully saturated rings. The van der Waals surface area contributed by atoms with E-state index < -0.39 is 5.97 Å². The van der Waals surface area contributed by atoms with E-state index in [1.165, 1.54) is 0 Å². The molecule has 0 saturated heterocycles. The molecule has 1 amide bonds. The van der Waals surface area contributed by atoms with Gasteiger partial charge in [-0.25, -0.2) is 0 Å². The zero-order valence-electron chi connectivity index (χ0n) is 21.0. The van der Waals surface area contributed by atoms with Crippen LogP contribution in [0.2, 0.25) is 10.0 Å². The third-order valence-electron chi connectivity index (χ3n) is 6.39. The molecule has 192 valence electrons. The average molecular weight is 538 g/mol. The standard InChI is InChI=1S/C29H29Cl2N3O3/c1-17(2)14-27(19-4-6-20(7-5-19)29(37)32-13-12-28(35)36)34-16-24-18(3)22(10-11-26(24)33-34)23-9-8-21(30)15-25(23)31/h4-11,15-17,27H,12-14H2,1-3H3,(H,32,37)(H,35,36). The van der Waals surface area contributed by atoms with E-state index >= 15 is 0 Å². The number of carboxylic acid groups (broad SMARTS) is 1. The molecule has 0 saturated carbocycles. The Morgan fingerprint density at radius 2 is 1.73 bits per heavy atom. The zero-order valence-corrected chi connectivity index (χ0v) is 22.5. The summed E-state index contributed by atoms with van der Waals surface area (Å²) in [4.78, 5) is 23.1. The fourth-order valence-corrected chi connectivity index (χ4v) is 5.00. The van der Waals surface area contributed by atoms with Crippen LogP contribution in [-0.4, -0.2) is 33.3 Å². The van der Waals surface area contributed by atoms with E-state index in [2.05, 4.69) is 32.3 Å². The lowest BCUT2D eigenvalue weighted by Crippen LogP contribution is -2.26. The number of nitrogens with one attached hydrogen (secondary N) is 1. The number of hydrogen-bond acceptors (Lipinski definition) is 3. The maximum absolute atomic E-state index is 12.4. The van der Waals surface area contributed by atoms with Gasteiger partial charge >= 0.3 is 5.97 Å². The van der Waals surface area contributed by atoms with Crippen molar-refractivity contribution in [3.8, 4) is 11.1 Å². The van der Waals surface area contributed by atoms with E-state index in [9.17, 15) is 9.59 Å². The van der Waals surface area contributed by atoms with E-state index in [0.717, 1.165) is 39.6 Å². The Bertz CT molecular complexity index is 1450.